The van der Waals surface area contributed by atoms with Crippen LogP contribution in [0.3, 0.4) is 0 Å². The first kappa shape index (κ1) is 9.23. The molecule has 0 aliphatic heterocycles. The van der Waals surface area contributed by atoms with Gasteiger partial charge in [-0.15, -0.1) is 5.43 Å². The van der Waals surface area contributed by atoms with E-state index in [-0.39, 0.29) is 0 Å². The minimum atomic E-state index is -0.521. The highest BCUT2D eigenvalue weighted by molar-refractivity contribution is 5.65. The van der Waals surface area contributed by atoms with Gasteiger partial charge >= 0.3 is 6.09 Å². The molecule has 0 aromatic rings. The van der Waals surface area contributed by atoms with Gasteiger partial charge in [0.2, 0.25) is 0 Å². The monoisotopic (exact) mass is 145 g/mol. The van der Waals surface area contributed by atoms with E-state index in [9.17, 15) is 4.79 Å². The molecule has 0 aliphatic rings. The standard InChI is InChI=1S/C6H13N2O2/c1-4-5-10-6(9)7-8(2)3/h4-5H2,1-3H3. The van der Waals surface area contributed by atoms with E-state index >= 15 is 0 Å². The van der Waals surface area contributed by atoms with Crippen molar-refractivity contribution in [2.45, 2.75) is 13.3 Å². The first-order chi connectivity index (χ1) is 4.66. The van der Waals surface area contributed by atoms with Gasteiger partial charge in [0.15, 0.2) is 0 Å². The van der Waals surface area contributed by atoms with Gasteiger partial charge in [-0.25, -0.2) is 9.80 Å². The van der Waals surface area contributed by atoms with Crippen LogP contribution in [0.25, 0.3) is 0 Å². The van der Waals surface area contributed by atoms with Crippen molar-refractivity contribution in [2.75, 3.05) is 20.7 Å². The molecule has 0 N–H and O–H groups in total. The van der Waals surface area contributed by atoms with Crippen LogP contribution in [0.15, 0.2) is 0 Å². The number of hydrogen-bond donors (Lipinski definition) is 0. The molecule has 59 valence electrons. The fourth-order valence-electron chi connectivity index (χ4n) is 0.382. The first-order valence-corrected chi connectivity index (χ1v) is 3.22. The molecule has 0 unspecified atom stereocenters. The van der Waals surface area contributed by atoms with E-state index in [1.807, 2.05) is 6.92 Å². The van der Waals surface area contributed by atoms with Crippen molar-refractivity contribution in [3.05, 3.63) is 0 Å². The summed E-state index contributed by atoms with van der Waals surface area (Å²) in [4.78, 5) is 10.6. The number of carbonyl (C=O) groups is 1. The van der Waals surface area contributed by atoms with Crippen molar-refractivity contribution in [1.29, 1.82) is 0 Å². The lowest BCUT2D eigenvalue weighted by atomic mass is 10.5. The van der Waals surface area contributed by atoms with Gasteiger partial charge in [0.25, 0.3) is 0 Å². The summed E-state index contributed by atoms with van der Waals surface area (Å²) in [5.41, 5.74) is 3.49. The smallest absolute Gasteiger partial charge is 0.445 e. The van der Waals surface area contributed by atoms with E-state index in [4.69, 9.17) is 0 Å². The van der Waals surface area contributed by atoms with Crippen molar-refractivity contribution in [3.63, 3.8) is 0 Å². The summed E-state index contributed by atoms with van der Waals surface area (Å²) in [5.74, 6) is 0. The zero-order valence-electron chi connectivity index (χ0n) is 6.63. The Bertz CT molecular complexity index is 104. The molecule has 0 saturated carbocycles. The number of ether oxygens (including phenoxy) is 1. The molecular weight excluding hydrogens is 132 g/mol. The van der Waals surface area contributed by atoms with E-state index in [1.54, 1.807) is 14.1 Å². The predicted octanol–water partition coefficient (Wildman–Crippen LogP) is 0.614. The molecular formula is C6H13N2O2. The van der Waals surface area contributed by atoms with Crippen molar-refractivity contribution in [3.8, 4) is 0 Å². The molecule has 0 spiro atoms. The lowest BCUT2D eigenvalue weighted by molar-refractivity contribution is 0.120. The van der Waals surface area contributed by atoms with Gasteiger partial charge in [0.1, 0.15) is 0 Å². The Morgan fingerprint density at radius 3 is 2.60 bits per heavy atom. The average molecular weight is 145 g/mol. The van der Waals surface area contributed by atoms with Crippen LogP contribution in [0.4, 0.5) is 4.79 Å². The molecule has 0 rings (SSSR count). The molecule has 0 aromatic carbocycles. The number of amides is 1. The van der Waals surface area contributed by atoms with Crippen LogP contribution in [0, 0.1) is 0 Å². The van der Waals surface area contributed by atoms with E-state index in [0.717, 1.165) is 6.42 Å². The third-order valence-corrected chi connectivity index (χ3v) is 0.711. The predicted molar refractivity (Wildman–Crippen MR) is 37.5 cm³/mol. The maximum absolute atomic E-state index is 10.6. The van der Waals surface area contributed by atoms with Crippen molar-refractivity contribution >= 4 is 6.09 Å². The number of rotatable bonds is 3. The summed E-state index contributed by atoms with van der Waals surface area (Å²) >= 11 is 0. The number of nitrogens with zero attached hydrogens (tertiary/aromatic N) is 2. The highest BCUT2D eigenvalue weighted by Crippen LogP contribution is 1.83. The van der Waals surface area contributed by atoms with Gasteiger partial charge in [-0.1, -0.05) is 6.92 Å². The lowest BCUT2D eigenvalue weighted by Gasteiger charge is -2.07. The minimum absolute atomic E-state index is 0.441. The Labute approximate surface area is 61.1 Å². The van der Waals surface area contributed by atoms with Gasteiger partial charge in [-0.2, -0.15) is 0 Å². The summed E-state index contributed by atoms with van der Waals surface area (Å²) < 4.78 is 4.65. The zero-order valence-corrected chi connectivity index (χ0v) is 6.63. The topological polar surface area (TPSA) is 43.6 Å². The summed E-state index contributed by atoms with van der Waals surface area (Å²) in [6.07, 6.45) is 0.307. The van der Waals surface area contributed by atoms with E-state index < -0.39 is 6.09 Å². The molecule has 1 amide bonds. The number of hydrogen-bond acceptors (Lipinski definition) is 3. The maximum atomic E-state index is 10.6. The summed E-state index contributed by atoms with van der Waals surface area (Å²) in [5, 5.41) is 1.41. The van der Waals surface area contributed by atoms with E-state index in [0.29, 0.717) is 6.61 Å². The Morgan fingerprint density at radius 1 is 1.60 bits per heavy atom. The Morgan fingerprint density at radius 2 is 2.20 bits per heavy atom. The van der Waals surface area contributed by atoms with Crippen LogP contribution in [-0.4, -0.2) is 31.8 Å². The third-order valence-electron chi connectivity index (χ3n) is 0.711. The Hall–Kier alpha value is -0.770. The third kappa shape index (κ3) is 5.37. The number of carbonyl (C=O) groups excluding carboxylic acids is 1. The molecule has 0 aliphatic carbocycles. The van der Waals surface area contributed by atoms with Gasteiger partial charge in [-0.3, -0.25) is 0 Å². The second-order valence-electron chi connectivity index (χ2n) is 2.06. The normalized spacial score (nSPS) is 9.60. The quantitative estimate of drug-likeness (QED) is 0.546. The highest BCUT2D eigenvalue weighted by atomic mass is 16.6. The average Bonchev–Trinajstić information content (AvgIpc) is 1.82. The maximum Gasteiger partial charge on any atom is 0.445 e. The molecule has 4 nitrogen and oxygen atoms in total. The van der Waals surface area contributed by atoms with Crippen LogP contribution >= 0.6 is 0 Å². The zero-order chi connectivity index (χ0) is 7.98. The second kappa shape index (κ2) is 5.05. The van der Waals surface area contributed by atoms with Crippen LogP contribution in [0.5, 0.6) is 0 Å². The summed E-state index contributed by atoms with van der Waals surface area (Å²) in [7, 11) is 3.35. The molecule has 0 heterocycles. The van der Waals surface area contributed by atoms with Gasteiger partial charge in [0.05, 0.1) is 6.61 Å². The van der Waals surface area contributed by atoms with Gasteiger partial charge in [-0.05, 0) is 6.42 Å². The molecule has 10 heavy (non-hydrogen) atoms. The first-order valence-electron chi connectivity index (χ1n) is 3.22. The molecule has 0 saturated heterocycles. The minimum Gasteiger partial charge on any atom is -0.447 e. The van der Waals surface area contributed by atoms with Crippen molar-refractivity contribution in [1.82, 2.24) is 10.4 Å². The van der Waals surface area contributed by atoms with Gasteiger partial charge in [0, 0.05) is 14.1 Å². The van der Waals surface area contributed by atoms with Gasteiger partial charge < -0.3 is 4.74 Å². The van der Waals surface area contributed by atoms with E-state index in [2.05, 4.69) is 10.2 Å². The molecule has 0 fully saturated rings. The lowest BCUT2D eigenvalue weighted by Crippen LogP contribution is -2.29. The fourth-order valence-corrected chi connectivity index (χ4v) is 0.382. The molecule has 4 heteroatoms. The highest BCUT2D eigenvalue weighted by Gasteiger charge is 2.02. The molecule has 0 bridgehead atoms. The van der Waals surface area contributed by atoms with Crippen LogP contribution < -0.4 is 5.43 Å². The van der Waals surface area contributed by atoms with Crippen molar-refractivity contribution < 1.29 is 9.53 Å². The summed E-state index contributed by atoms with van der Waals surface area (Å²) in [6.45, 7) is 2.37. The summed E-state index contributed by atoms with van der Waals surface area (Å²) in [6, 6.07) is 0. The van der Waals surface area contributed by atoms with Crippen LogP contribution in [0.2, 0.25) is 0 Å². The Kier molecular flexibility index (Phi) is 4.66. The fraction of sp³-hybridized carbons (Fsp3) is 0.833. The van der Waals surface area contributed by atoms with Crippen molar-refractivity contribution in [2.24, 2.45) is 0 Å². The largest absolute Gasteiger partial charge is 0.447 e. The SMILES string of the molecule is CCCOC(=O)[N]N(C)C. The molecule has 0 aromatic heterocycles. The molecule has 0 atom stereocenters. The Balaban J connectivity index is 3.26. The van der Waals surface area contributed by atoms with E-state index in [1.165, 1.54) is 5.01 Å². The van der Waals surface area contributed by atoms with Crippen LogP contribution in [-0.2, 0) is 4.74 Å². The molecule has 1 radical (unpaired) electrons. The second-order valence-corrected chi connectivity index (χ2v) is 2.06. The van der Waals surface area contributed by atoms with Crippen LogP contribution in [0.1, 0.15) is 13.3 Å².